The fraction of sp³-hybridized carbons (Fsp3) is 0. The Balaban J connectivity index is 2.96. The van der Waals surface area contributed by atoms with Crippen molar-refractivity contribution in [2.45, 2.75) is 0 Å². The summed E-state index contributed by atoms with van der Waals surface area (Å²) < 4.78 is 29.8. The van der Waals surface area contributed by atoms with Crippen LogP contribution in [0.1, 0.15) is 0 Å². The lowest BCUT2D eigenvalue weighted by atomic mass is 10.3. The molecule has 0 aliphatic heterocycles. The van der Waals surface area contributed by atoms with Crippen LogP contribution in [0.3, 0.4) is 0 Å². The average Bonchev–Trinajstić information content (AvgIpc) is 2.45. The van der Waals surface area contributed by atoms with Gasteiger partial charge in [-0.15, -0.1) is 0 Å². The van der Waals surface area contributed by atoms with Gasteiger partial charge in [-0.2, -0.15) is 0 Å². The molecule has 11 heavy (non-hydrogen) atoms. The second-order valence-electron chi connectivity index (χ2n) is 2.01. The van der Waals surface area contributed by atoms with Crippen molar-refractivity contribution in [2.24, 2.45) is 0 Å². The van der Waals surface area contributed by atoms with Crippen molar-refractivity contribution in [3.63, 3.8) is 0 Å². The number of halogens is 2. The lowest BCUT2D eigenvalue weighted by Gasteiger charge is -1.89. The molecule has 2 aromatic rings. The number of hydrogen-bond acceptors (Lipinski definition) is 2. The predicted molar refractivity (Wildman–Crippen MR) is 32.8 cm³/mol. The molecule has 0 saturated heterocycles. The zero-order valence-electron chi connectivity index (χ0n) is 5.27. The third-order valence-corrected chi connectivity index (χ3v) is 1.34. The van der Waals surface area contributed by atoms with Crippen molar-refractivity contribution in [2.75, 3.05) is 0 Å². The quantitative estimate of drug-likeness (QED) is 0.579. The monoisotopic (exact) mass is 154 g/mol. The predicted octanol–water partition coefficient (Wildman–Crippen LogP) is 1.91. The van der Waals surface area contributed by atoms with Crippen molar-refractivity contribution in [1.29, 1.82) is 0 Å². The van der Waals surface area contributed by atoms with Crippen LogP contribution in [0, 0.1) is 18.0 Å². The van der Waals surface area contributed by atoms with Crippen LogP contribution in [-0.2, 0) is 0 Å². The highest BCUT2D eigenvalue weighted by Gasteiger charge is 2.09. The van der Waals surface area contributed by atoms with Gasteiger partial charge in [0.15, 0.2) is 17.2 Å². The molecule has 4 heteroatoms. The van der Waals surface area contributed by atoms with Gasteiger partial charge in [-0.1, -0.05) is 0 Å². The molecule has 0 aliphatic rings. The number of rotatable bonds is 0. The summed E-state index contributed by atoms with van der Waals surface area (Å²) in [4.78, 5) is 3.37. The van der Waals surface area contributed by atoms with E-state index in [0.717, 1.165) is 12.1 Å². The Morgan fingerprint density at radius 3 is 2.73 bits per heavy atom. The van der Waals surface area contributed by atoms with E-state index in [1.165, 1.54) is 0 Å². The zero-order valence-corrected chi connectivity index (χ0v) is 5.27. The second kappa shape index (κ2) is 2.02. The number of fused-ring (bicyclic) bond motifs is 1. The molecule has 2 nitrogen and oxygen atoms in total. The Kier molecular flexibility index (Phi) is 1.15. The summed E-state index contributed by atoms with van der Waals surface area (Å²) in [7, 11) is 0. The number of aromatic nitrogens is 1. The Bertz CT molecular complexity index is 360. The molecule has 0 amide bonds. The van der Waals surface area contributed by atoms with Crippen molar-refractivity contribution in [3.05, 3.63) is 30.2 Å². The van der Waals surface area contributed by atoms with Gasteiger partial charge in [0, 0.05) is 0 Å². The summed E-state index contributed by atoms with van der Waals surface area (Å²) >= 11 is 0. The molecule has 1 heterocycles. The van der Waals surface area contributed by atoms with Gasteiger partial charge in [0.2, 0.25) is 0 Å². The molecular weight excluding hydrogens is 152 g/mol. The molecule has 0 N–H and O–H groups in total. The summed E-state index contributed by atoms with van der Waals surface area (Å²) in [6.07, 6.45) is 2.01. The van der Waals surface area contributed by atoms with Gasteiger partial charge in [0.05, 0.1) is 0 Å². The highest BCUT2D eigenvalue weighted by Crippen LogP contribution is 2.18. The van der Waals surface area contributed by atoms with Crippen LogP contribution >= 0.6 is 0 Å². The maximum atomic E-state index is 12.7. The van der Waals surface area contributed by atoms with Crippen LogP contribution in [0.25, 0.3) is 11.1 Å². The van der Waals surface area contributed by atoms with Gasteiger partial charge in [0.1, 0.15) is 5.52 Å². The molecule has 1 radical (unpaired) electrons. The maximum absolute atomic E-state index is 12.7. The molecule has 2 rings (SSSR count). The highest BCUT2D eigenvalue weighted by molar-refractivity contribution is 5.73. The van der Waals surface area contributed by atoms with Gasteiger partial charge in [-0.05, 0) is 12.1 Å². The first-order valence-corrected chi connectivity index (χ1v) is 2.89. The van der Waals surface area contributed by atoms with Crippen LogP contribution in [-0.4, -0.2) is 4.98 Å². The van der Waals surface area contributed by atoms with Gasteiger partial charge in [0.25, 0.3) is 6.39 Å². The van der Waals surface area contributed by atoms with E-state index in [-0.39, 0.29) is 11.1 Å². The van der Waals surface area contributed by atoms with Crippen molar-refractivity contribution in [3.8, 4) is 0 Å². The van der Waals surface area contributed by atoms with Crippen molar-refractivity contribution >= 4 is 11.1 Å². The first-order chi connectivity index (χ1) is 5.29. The van der Waals surface area contributed by atoms with Crippen LogP contribution in [0.5, 0.6) is 0 Å². The smallest absolute Gasteiger partial charge is 0.285 e. The standard InChI is InChI=1S/C7H2F2NO/c8-4-1-2-5(9)7-6(4)10-3-11-7/h1-2H. The van der Waals surface area contributed by atoms with E-state index >= 15 is 0 Å². The van der Waals surface area contributed by atoms with E-state index in [9.17, 15) is 8.78 Å². The Labute approximate surface area is 60.5 Å². The number of hydrogen-bond donors (Lipinski definition) is 0. The SMILES string of the molecule is Fc1ccc(F)c2o[c]nc12. The third-order valence-electron chi connectivity index (χ3n) is 1.34. The summed E-state index contributed by atoms with van der Waals surface area (Å²) in [5.74, 6) is -1.23. The minimum atomic E-state index is -0.629. The molecular formula is C7H2F2NO. The van der Waals surface area contributed by atoms with E-state index in [1.54, 1.807) is 0 Å². The highest BCUT2D eigenvalue weighted by atomic mass is 19.1. The molecule has 0 atom stereocenters. The molecule has 55 valence electrons. The van der Waals surface area contributed by atoms with E-state index < -0.39 is 11.6 Å². The first-order valence-electron chi connectivity index (χ1n) is 2.89. The van der Waals surface area contributed by atoms with Crippen molar-refractivity contribution < 1.29 is 13.2 Å². The second-order valence-corrected chi connectivity index (χ2v) is 2.01. The van der Waals surface area contributed by atoms with Gasteiger partial charge in [-0.3, -0.25) is 0 Å². The Morgan fingerprint density at radius 1 is 1.27 bits per heavy atom. The Morgan fingerprint density at radius 2 is 2.00 bits per heavy atom. The van der Waals surface area contributed by atoms with E-state index in [1.807, 2.05) is 6.39 Å². The molecule has 0 unspecified atom stereocenters. The van der Waals surface area contributed by atoms with Gasteiger partial charge >= 0.3 is 0 Å². The van der Waals surface area contributed by atoms with Crippen LogP contribution in [0.4, 0.5) is 8.78 Å². The van der Waals surface area contributed by atoms with E-state index in [4.69, 9.17) is 0 Å². The van der Waals surface area contributed by atoms with Crippen LogP contribution in [0.2, 0.25) is 0 Å². The molecule has 0 saturated carbocycles. The molecule has 1 aromatic heterocycles. The number of nitrogens with zero attached hydrogens (tertiary/aromatic N) is 1. The minimum Gasteiger partial charge on any atom is -0.429 e. The summed E-state index contributed by atoms with van der Waals surface area (Å²) in [6.45, 7) is 0. The van der Waals surface area contributed by atoms with E-state index in [0.29, 0.717) is 0 Å². The zero-order chi connectivity index (χ0) is 7.84. The van der Waals surface area contributed by atoms with Crippen molar-refractivity contribution in [1.82, 2.24) is 4.98 Å². The molecule has 0 fully saturated rings. The fourth-order valence-corrected chi connectivity index (χ4v) is 0.838. The number of oxazole rings is 1. The summed E-state index contributed by atoms with van der Waals surface area (Å²) in [5.41, 5.74) is -0.310. The first kappa shape index (κ1) is 6.27. The number of benzene rings is 1. The fourth-order valence-electron chi connectivity index (χ4n) is 0.838. The average molecular weight is 154 g/mol. The molecule has 0 aliphatic carbocycles. The third kappa shape index (κ3) is 0.790. The Hall–Kier alpha value is -1.45. The molecule has 0 bridgehead atoms. The lowest BCUT2D eigenvalue weighted by molar-refractivity contribution is 0.545. The van der Waals surface area contributed by atoms with Gasteiger partial charge < -0.3 is 4.42 Å². The molecule has 0 spiro atoms. The maximum Gasteiger partial charge on any atom is 0.285 e. The molecule has 1 aromatic carbocycles. The largest absolute Gasteiger partial charge is 0.429 e. The van der Waals surface area contributed by atoms with Crippen LogP contribution in [0.15, 0.2) is 16.5 Å². The topological polar surface area (TPSA) is 26.0 Å². The summed E-state index contributed by atoms with van der Waals surface area (Å²) in [5, 5.41) is 0. The normalized spacial score (nSPS) is 10.7. The minimum absolute atomic E-state index is 0.120. The van der Waals surface area contributed by atoms with Crippen LogP contribution < -0.4 is 0 Å². The van der Waals surface area contributed by atoms with Gasteiger partial charge in [-0.25, -0.2) is 13.8 Å². The van der Waals surface area contributed by atoms with E-state index in [2.05, 4.69) is 9.40 Å². The lowest BCUT2D eigenvalue weighted by Crippen LogP contribution is -1.80. The summed E-state index contributed by atoms with van der Waals surface area (Å²) in [6, 6.07) is 1.98.